The van der Waals surface area contributed by atoms with Gasteiger partial charge in [0.2, 0.25) is 0 Å². The topological polar surface area (TPSA) is 40.3 Å². The molecule has 0 amide bonds. The van der Waals surface area contributed by atoms with Crippen molar-refractivity contribution in [2.45, 2.75) is 18.5 Å². The second kappa shape index (κ2) is 6.96. The van der Waals surface area contributed by atoms with Crippen molar-refractivity contribution >= 4 is 0 Å². The zero-order valence-corrected chi connectivity index (χ0v) is 16.7. The molecule has 1 aliphatic heterocycles. The molecule has 2 atom stereocenters. The highest BCUT2D eigenvalue weighted by atomic mass is 16.3. The molecule has 1 N–H and O–H groups in total. The van der Waals surface area contributed by atoms with Crippen LogP contribution in [0.1, 0.15) is 39.4 Å². The first kappa shape index (κ1) is 18.3. The summed E-state index contributed by atoms with van der Waals surface area (Å²) >= 11 is 0. The maximum absolute atomic E-state index is 14.3. The van der Waals surface area contributed by atoms with Gasteiger partial charge in [-0.3, -0.25) is 0 Å². The van der Waals surface area contributed by atoms with Gasteiger partial charge < -0.3 is 5.11 Å². The van der Waals surface area contributed by atoms with E-state index in [2.05, 4.69) is 6.07 Å². The summed E-state index contributed by atoms with van der Waals surface area (Å²) in [6.07, 6.45) is 0. The molecule has 3 heteroatoms. The minimum absolute atomic E-state index is 0.182. The van der Waals surface area contributed by atoms with Gasteiger partial charge >= 0.3 is 0 Å². The van der Waals surface area contributed by atoms with Crippen molar-refractivity contribution in [3.8, 4) is 5.75 Å². The highest BCUT2D eigenvalue weighted by Gasteiger charge is 2.62. The van der Waals surface area contributed by atoms with E-state index in [4.69, 9.17) is 0 Å². The lowest BCUT2D eigenvalue weighted by Crippen LogP contribution is -2.37. The summed E-state index contributed by atoms with van der Waals surface area (Å²) in [7, 11) is 0. The largest absolute Gasteiger partial charge is 0.508 e. The van der Waals surface area contributed by atoms with E-state index in [1.54, 1.807) is 12.1 Å². The van der Waals surface area contributed by atoms with Gasteiger partial charge in [-0.05, 0) is 31.2 Å². The van der Waals surface area contributed by atoms with Crippen molar-refractivity contribution in [1.29, 1.82) is 0 Å². The monoisotopic (exact) mass is 392 g/mol. The quantitative estimate of drug-likeness (QED) is 0.443. The van der Waals surface area contributed by atoms with E-state index in [9.17, 15) is 10.0 Å². The molecule has 3 nitrogen and oxygen atoms in total. The van der Waals surface area contributed by atoms with E-state index in [0.29, 0.717) is 0 Å². The third kappa shape index (κ3) is 2.59. The van der Waals surface area contributed by atoms with E-state index in [1.165, 1.54) is 4.76 Å². The number of phenols is 1. The normalized spacial score (nSPS) is 20.2. The van der Waals surface area contributed by atoms with Gasteiger partial charge in [0.25, 0.3) is 11.6 Å². The molecule has 146 valence electrons. The van der Waals surface area contributed by atoms with E-state index >= 15 is 0 Å². The van der Waals surface area contributed by atoms with Gasteiger partial charge in [0.1, 0.15) is 5.75 Å². The highest BCUT2D eigenvalue weighted by molar-refractivity contribution is 5.55. The number of fused-ring (bicyclic) bond motifs is 1. The first-order valence-electron chi connectivity index (χ1n) is 10.1. The van der Waals surface area contributed by atoms with Crippen LogP contribution in [0.5, 0.6) is 5.75 Å². The Morgan fingerprint density at radius 2 is 1.30 bits per heavy atom. The van der Waals surface area contributed by atoms with Gasteiger partial charge in [0.15, 0.2) is 0 Å². The summed E-state index contributed by atoms with van der Waals surface area (Å²) < 4.78 is 1.23. The zero-order valence-electron chi connectivity index (χ0n) is 16.7. The second-order valence-electron chi connectivity index (χ2n) is 7.85. The Morgan fingerprint density at radius 1 is 0.733 bits per heavy atom. The molecule has 2 unspecified atom stereocenters. The molecular formula is C27H22NO2+. The van der Waals surface area contributed by atoms with Gasteiger partial charge in [-0.2, -0.15) is 0 Å². The fourth-order valence-corrected chi connectivity index (χ4v) is 4.68. The van der Waals surface area contributed by atoms with Crippen LogP contribution in [0.4, 0.5) is 0 Å². The summed E-state index contributed by atoms with van der Waals surface area (Å²) in [5.74, 6) is 0.182. The Bertz CT molecular complexity index is 1170. The summed E-state index contributed by atoms with van der Waals surface area (Å²) in [4.78, 5) is 14.3. The van der Waals surface area contributed by atoms with Crippen molar-refractivity contribution in [2.24, 2.45) is 0 Å². The maximum atomic E-state index is 14.3. The number of aryl methyl sites for hydroxylation is 1. The zero-order chi connectivity index (χ0) is 20.7. The molecule has 0 spiro atoms. The number of nitroso groups, excluding NO2 is 1. The molecule has 5 rings (SSSR count). The minimum Gasteiger partial charge on any atom is -0.508 e. The molecule has 0 saturated heterocycles. The van der Waals surface area contributed by atoms with Gasteiger partial charge in [-0.15, -0.1) is 0 Å². The van der Waals surface area contributed by atoms with Crippen LogP contribution >= 0.6 is 0 Å². The van der Waals surface area contributed by atoms with Gasteiger partial charge in [-0.25, -0.2) is 0 Å². The molecule has 0 aliphatic carbocycles. The van der Waals surface area contributed by atoms with Crippen LogP contribution in [0.2, 0.25) is 0 Å². The lowest BCUT2D eigenvalue weighted by Gasteiger charge is -2.24. The number of nitrogens with zero attached hydrogens (tertiary/aromatic N) is 1. The molecule has 1 aliphatic rings. The van der Waals surface area contributed by atoms with E-state index in [1.807, 2.05) is 91.9 Å². The van der Waals surface area contributed by atoms with E-state index < -0.39 is 11.6 Å². The predicted molar refractivity (Wildman–Crippen MR) is 118 cm³/mol. The van der Waals surface area contributed by atoms with Gasteiger partial charge in [0.05, 0.1) is 0 Å². The second-order valence-corrected chi connectivity index (χ2v) is 7.85. The lowest BCUT2D eigenvalue weighted by atomic mass is 9.77. The van der Waals surface area contributed by atoms with Gasteiger partial charge in [0, 0.05) is 37.5 Å². The third-order valence-corrected chi connectivity index (χ3v) is 6.08. The van der Waals surface area contributed by atoms with Crippen molar-refractivity contribution in [3.63, 3.8) is 0 Å². The number of phenolic OH excluding ortho intramolecular Hbond substituents is 1. The number of benzene rings is 4. The molecule has 4 aromatic carbocycles. The van der Waals surface area contributed by atoms with Crippen LogP contribution in [0, 0.1) is 11.8 Å². The summed E-state index contributed by atoms with van der Waals surface area (Å²) in [5.41, 5.74) is 4.84. The standard InChI is InChI=1S/C27H21NO2/c1-19-11-13-21(14-12-19)27(22-15-17-23(29)18-16-22)25-10-6-5-9-24(25)26(28(27)30)20-7-3-2-4-8-20/h2-18,26H,1H3/p+1. The van der Waals surface area contributed by atoms with E-state index in [0.717, 1.165) is 33.4 Å². The summed E-state index contributed by atoms with van der Waals surface area (Å²) in [6, 6.07) is 32.8. The van der Waals surface area contributed by atoms with Gasteiger partial charge in [-0.1, -0.05) is 84.4 Å². The number of aromatic hydroxyl groups is 1. The van der Waals surface area contributed by atoms with Crippen LogP contribution in [0.3, 0.4) is 0 Å². The van der Waals surface area contributed by atoms with Crippen LogP contribution in [0.15, 0.2) is 103 Å². The molecule has 1 heterocycles. The molecule has 4 aromatic rings. The Hall–Kier alpha value is -3.72. The Kier molecular flexibility index (Phi) is 4.25. The minimum atomic E-state index is -1.00. The fraction of sp³-hybridized carbons (Fsp3) is 0.111. The molecule has 0 bridgehead atoms. The van der Waals surface area contributed by atoms with Crippen LogP contribution in [-0.2, 0) is 5.54 Å². The van der Waals surface area contributed by atoms with Crippen LogP contribution in [0.25, 0.3) is 0 Å². The molecule has 0 aromatic heterocycles. The number of hydrogen-bond acceptors (Lipinski definition) is 2. The van der Waals surface area contributed by atoms with Crippen LogP contribution in [-0.4, -0.2) is 9.87 Å². The predicted octanol–water partition coefficient (Wildman–Crippen LogP) is 5.87. The third-order valence-electron chi connectivity index (χ3n) is 6.08. The first-order valence-corrected chi connectivity index (χ1v) is 10.1. The Balaban J connectivity index is 1.85. The highest BCUT2D eigenvalue weighted by Crippen LogP contribution is 2.52. The SMILES string of the molecule is Cc1ccc(C2(c3ccc(O)cc3)c3ccccc3C(c3ccccc3)[N+]2=O)cc1. The molecule has 0 saturated carbocycles. The van der Waals surface area contributed by atoms with Crippen molar-refractivity contribution in [2.75, 3.05) is 0 Å². The fourth-order valence-electron chi connectivity index (χ4n) is 4.68. The average molecular weight is 392 g/mol. The van der Waals surface area contributed by atoms with Crippen molar-refractivity contribution in [1.82, 2.24) is 0 Å². The molecule has 0 fully saturated rings. The Labute approximate surface area is 175 Å². The van der Waals surface area contributed by atoms with Crippen molar-refractivity contribution < 1.29 is 9.87 Å². The summed E-state index contributed by atoms with van der Waals surface area (Å²) in [6.45, 7) is 2.04. The molecule has 0 radical (unpaired) electrons. The summed E-state index contributed by atoms with van der Waals surface area (Å²) in [5, 5.41) is 9.89. The molecular weight excluding hydrogens is 370 g/mol. The maximum Gasteiger partial charge on any atom is 0.287 e. The smallest absolute Gasteiger partial charge is 0.287 e. The number of hydrogen-bond donors (Lipinski definition) is 1. The number of rotatable bonds is 3. The lowest BCUT2D eigenvalue weighted by molar-refractivity contribution is -0.633. The van der Waals surface area contributed by atoms with Crippen LogP contribution < -0.4 is 0 Å². The molecule has 30 heavy (non-hydrogen) atoms. The average Bonchev–Trinajstić information content (AvgIpc) is 3.04. The first-order chi connectivity index (χ1) is 14.6. The Morgan fingerprint density at radius 3 is 1.97 bits per heavy atom. The van der Waals surface area contributed by atoms with Crippen molar-refractivity contribution in [3.05, 3.63) is 141 Å². The van der Waals surface area contributed by atoms with E-state index in [-0.39, 0.29) is 5.75 Å².